The monoisotopic (exact) mass is 482 g/mol. The first-order chi connectivity index (χ1) is 14.4. The molecule has 30 heavy (non-hydrogen) atoms. The van der Waals surface area contributed by atoms with Gasteiger partial charge in [0.25, 0.3) is 0 Å². The van der Waals surface area contributed by atoms with Crippen molar-refractivity contribution in [2.24, 2.45) is 0 Å². The van der Waals surface area contributed by atoms with Crippen LogP contribution in [-0.4, -0.2) is 30.5 Å². The number of rotatable bonds is 8. The summed E-state index contributed by atoms with van der Waals surface area (Å²) < 4.78 is 30.3. The van der Waals surface area contributed by atoms with E-state index in [1.165, 1.54) is 25.7 Å². The maximum Gasteiger partial charge on any atom is 0.308 e. The predicted molar refractivity (Wildman–Crippen MR) is 127 cm³/mol. The van der Waals surface area contributed by atoms with Gasteiger partial charge in [0.2, 0.25) is 10.0 Å². The van der Waals surface area contributed by atoms with Crippen LogP contribution in [0.15, 0.2) is 52.2 Å². The molecule has 9 heteroatoms. The molecule has 160 valence electrons. The number of hydrogen-bond donors (Lipinski definition) is 1. The second-order valence-electron chi connectivity index (χ2n) is 7.35. The molecular weight excluding hydrogens is 460 g/mol. The molecule has 0 atom stereocenters. The number of aromatic nitrogens is 1. The van der Waals surface area contributed by atoms with Crippen LogP contribution < -0.4 is 9.60 Å². The Kier molecular flexibility index (Phi) is 6.89. The fourth-order valence-electron chi connectivity index (χ4n) is 3.70. The van der Waals surface area contributed by atoms with E-state index in [0.29, 0.717) is 33.6 Å². The molecule has 0 aliphatic heterocycles. The Morgan fingerprint density at radius 1 is 1.17 bits per heavy atom. The highest BCUT2D eigenvalue weighted by atomic mass is 35.5. The third kappa shape index (κ3) is 4.94. The number of hydrogen-bond acceptors (Lipinski definition) is 5. The van der Waals surface area contributed by atoms with Crippen molar-refractivity contribution in [3.05, 3.63) is 62.7 Å². The highest BCUT2D eigenvalue weighted by Crippen LogP contribution is 2.29. The lowest BCUT2D eigenvalue weighted by Crippen LogP contribution is -2.26. The molecule has 1 heterocycles. The molecule has 0 unspecified atom stereocenters. The second kappa shape index (κ2) is 9.44. The fraction of sp³-hybridized carbons (Fsp3) is 0.381. The van der Waals surface area contributed by atoms with Crippen molar-refractivity contribution in [2.75, 3.05) is 12.3 Å². The zero-order valence-electron chi connectivity index (χ0n) is 16.3. The van der Waals surface area contributed by atoms with Crippen LogP contribution in [0.25, 0.3) is 10.2 Å². The van der Waals surface area contributed by atoms with Crippen LogP contribution in [0.5, 0.6) is 0 Å². The van der Waals surface area contributed by atoms with Gasteiger partial charge in [-0.05, 0) is 42.7 Å². The Morgan fingerprint density at radius 3 is 2.70 bits per heavy atom. The summed E-state index contributed by atoms with van der Waals surface area (Å²) in [7, 11) is -3.61. The Balaban J connectivity index is 1.49. The topological polar surface area (TPSA) is 68.2 Å². The fourth-order valence-corrected chi connectivity index (χ4v) is 7.31. The van der Waals surface area contributed by atoms with Gasteiger partial charge in [0.15, 0.2) is 0 Å². The molecule has 3 aromatic rings. The van der Waals surface area contributed by atoms with E-state index in [4.69, 9.17) is 11.6 Å². The van der Waals surface area contributed by atoms with Crippen LogP contribution >= 0.6 is 34.7 Å². The maximum absolute atomic E-state index is 12.7. The van der Waals surface area contributed by atoms with Gasteiger partial charge in [-0.1, -0.05) is 54.0 Å². The molecule has 1 fully saturated rings. The molecule has 1 saturated carbocycles. The summed E-state index contributed by atoms with van der Waals surface area (Å²) >= 11 is 9.13. The van der Waals surface area contributed by atoms with E-state index in [0.717, 1.165) is 22.7 Å². The largest absolute Gasteiger partial charge is 0.308 e. The molecule has 0 bridgehead atoms. The van der Waals surface area contributed by atoms with Crippen LogP contribution in [0.3, 0.4) is 0 Å². The molecule has 0 saturated heterocycles. The third-order valence-corrected chi connectivity index (χ3v) is 9.44. The number of thiazole rings is 1. The summed E-state index contributed by atoms with van der Waals surface area (Å²) in [6.45, 7) is 0.756. The predicted octanol–water partition coefficient (Wildman–Crippen LogP) is 4.72. The normalized spacial score (nSPS) is 15.2. The summed E-state index contributed by atoms with van der Waals surface area (Å²) in [6, 6.07) is 12.2. The summed E-state index contributed by atoms with van der Waals surface area (Å²) in [5, 5.41) is 1.27. The number of nitrogens with one attached hydrogen (secondary N) is 1. The molecule has 0 spiro atoms. The molecule has 1 N–H and O–H groups in total. The average molecular weight is 483 g/mol. The molecule has 2 aromatic carbocycles. The minimum atomic E-state index is -3.61. The van der Waals surface area contributed by atoms with Crippen LogP contribution in [-0.2, 0) is 16.6 Å². The molecule has 4 rings (SSSR count). The van der Waals surface area contributed by atoms with E-state index in [2.05, 4.69) is 4.72 Å². The molecular formula is C21H23ClN2O3S3. The van der Waals surface area contributed by atoms with Gasteiger partial charge in [0.1, 0.15) is 0 Å². The number of fused-ring (bicyclic) bond motifs is 1. The van der Waals surface area contributed by atoms with Crippen molar-refractivity contribution in [1.82, 2.24) is 9.29 Å². The molecule has 1 aliphatic carbocycles. The zero-order chi connectivity index (χ0) is 21.1. The Labute approximate surface area is 189 Å². The standard InChI is InChI=1S/C21H23ClN2O3S3/c22-18-8-4-1-5-15(18)14-24-19-10-9-17(13-20(19)29-21(24)25)30(26,27)23-11-12-28-16-6-2-3-7-16/h1,4-5,8-10,13,16,23H,2-3,6-7,11-12,14H2. The minimum absolute atomic E-state index is 0.139. The SMILES string of the molecule is O=c1sc2cc(S(=O)(=O)NCCSC3CCCC3)ccc2n1Cc1ccccc1Cl. The number of halogens is 1. The summed E-state index contributed by atoms with van der Waals surface area (Å²) in [5.41, 5.74) is 1.56. The van der Waals surface area contributed by atoms with Gasteiger partial charge in [-0.2, -0.15) is 11.8 Å². The average Bonchev–Trinajstić information content (AvgIpc) is 3.34. The Hall–Kier alpha value is -1.32. The quantitative estimate of drug-likeness (QED) is 0.472. The van der Waals surface area contributed by atoms with E-state index in [9.17, 15) is 13.2 Å². The van der Waals surface area contributed by atoms with E-state index in [1.807, 2.05) is 30.0 Å². The zero-order valence-corrected chi connectivity index (χ0v) is 19.5. The van der Waals surface area contributed by atoms with Crippen molar-refractivity contribution in [3.8, 4) is 0 Å². The lowest BCUT2D eigenvalue weighted by atomic mass is 10.2. The second-order valence-corrected chi connectivity index (χ2v) is 11.9. The van der Waals surface area contributed by atoms with Gasteiger partial charge in [-0.3, -0.25) is 9.36 Å². The molecule has 0 amide bonds. The van der Waals surface area contributed by atoms with Gasteiger partial charge in [-0.25, -0.2) is 13.1 Å². The van der Waals surface area contributed by atoms with E-state index in [-0.39, 0.29) is 9.77 Å². The van der Waals surface area contributed by atoms with Gasteiger partial charge in [0, 0.05) is 22.6 Å². The van der Waals surface area contributed by atoms with Gasteiger partial charge in [-0.15, -0.1) is 0 Å². The lowest BCUT2D eigenvalue weighted by molar-refractivity contribution is 0.584. The van der Waals surface area contributed by atoms with E-state index < -0.39 is 10.0 Å². The molecule has 1 aliphatic rings. The van der Waals surface area contributed by atoms with Crippen molar-refractivity contribution < 1.29 is 8.42 Å². The first kappa shape index (κ1) is 21.9. The first-order valence-corrected chi connectivity index (χ1v) is 13.6. The lowest BCUT2D eigenvalue weighted by Gasteiger charge is -2.10. The van der Waals surface area contributed by atoms with Crippen LogP contribution in [0.1, 0.15) is 31.2 Å². The molecule has 5 nitrogen and oxygen atoms in total. The van der Waals surface area contributed by atoms with Crippen LogP contribution in [0.2, 0.25) is 5.02 Å². The Bertz CT molecular complexity index is 1200. The molecule has 1 aromatic heterocycles. The smallest absolute Gasteiger partial charge is 0.294 e. The van der Waals surface area contributed by atoms with Crippen molar-refractivity contribution >= 4 is 54.9 Å². The van der Waals surface area contributed by atoms with Gasteiger partial charge < -0.3 is 0 Å². The van der Waals surface area contributed by atoms with Gasteiger partial charge in [0.05, 0.1) is 21.7 Å². The number of sulfonamides is 1. The number of thioether (sulfide) groups is 1. The highest BCUT2D eigenvalue weighted by molar-refractivity contribution is 8.00. The van der Waals surface area contributed by atoms with E-state index in [1.54, 1.807) is 28.8 Å². The summed E-state index contributed by atoms with van der Waals surface area (Å²) in [5.74, 6) is 0.772. The Morgan fingerprint density at radius 2 is 1.93 bits per heavy atom. The number of benzene rings is 2. The van der Waals surface area contributed by atoms with Crippen LogP contribution in [0.4, 0.5) is 0 Å². The van der Waals surface area contributed by atoms with Gasteiger partial charge >= 0.3 is 4.87 Å². The summed E-state index contributed by atoms with van der Waals surface area (Å²) in [4.78, 5) is 12.6. The maximum atomic E-state index is 12.7. The van der Waals surface area contributed by atoms with Crippen LogP contribution in [0, 0.1) is 0 Å². The minimum Gasteiger partial charge on any atom is -0.294 e. The first-order valence-electron chi connectivity index (χ1n) is 9.92. The van der Waals surface area contributed by atoms with Crippen molar-refractivity contribution in [3.63, 3.8) is 0 Å². The van der Waals surface area contributed by atoms with Crippen molar-refractivity contribution in [2.45, 2.75) is 42.4 Å². The third-order valence-electron chi connectivity index (χ3n) is 5.29. The molecule has 0 radical (unpaired) electrons. The number of nitrogens with zero attached hydrogens (tertiary/aromatic N) is 1. The highest BCUT2D eigenvalue weighted by Gasteiger charge is 2.18. The van der Waals surface area contributed by atoms with Crippen molar-refractivity contribution in [1.29, 1.82) is 0 Å². The summed E-state index contributed by atoms with van der Waals surface area (Å²) in [6.07, 6.45) is 5.03. The van der Waals surface area contributed by atoms with E-state index >= 15 is 0 Å².